The number of carbonyl (C=O) groups is 4. The summed E-state index contributed by atoms with van der Waals surface area (Å²) in [6.07, 6.45) is -5.24. The number of ketones is 1. The lowest BCUT2D eigenvalue weighted by molar-refractivity contribution is -0.177. The van der Waals surface area contributed by atoms with Crippen molar-refractivity contribution in [2.75, 3.05) is 6.54 Å². The third kappa shape index (κ3) is 8.17. The summed E-state index contributed by atoms with van der Waals surface area (Å²) in [5, 5.41) is 12.9. The van der Waals surface area contributed by atoms with Gasteiger partial charge in [0.15, 0.2) is 0 Å². The molecule has 1 atom stereocenters. The number of carbonyl (C=O) groups excluding carboxylic acids is 3. The highest BCUT2D eigenvalue weighted by Gasteiger charge is 2.45. The van der Waals surface area contributed by atoms with Crippen molar-refractivity contribution in [2.24, 2.45) is 0 Å². The standard InChI is InChI=1S/C13H19F3N2O5/c1-8(19)7-9(20)17-6-4-3-5-12(2,11(22)23)18-10(21)13(14,15)16/h3-7H2,1-2H3,(H,17,20)(H,18,21)(H,22,23)/t12-/m0/s1. The number of carboxylic acid groups (broad SMARTS) is 1. The molecule has 7 nitrogen and oxygen atoms in total. The molecule has 0 saturated carbocycles. The minimum Gasteiger partial charge on any atom is -0.480 e. The summed E-state index contributed by atoms with van der Waals surface area (Å²) in [7, 11) is 0. The molecule has 0 saturated heterocycles. The summed E-state index contributed by atoms with van der Waals surface area (Å²) < 4.78 is 36.6. The van der Waals surface area contributed by atoms with Gasteiger partial charge in [0.1, 0.15) is 11.3 Å². The van der Waals surface area contributed by atoms with E-state index in [0.717, 1.165) is 6.92 Å². The van der Waals surface area contributed by atoms with E-state index in [1.807, 2.05) is 0 Å². The van der Waals surface area contributed by atoms with Crippen LogP contribution in [0.5, 0.6) is 0 Å². The van der Waals surface area contributed by atoms with Gasteiger partial charge >= 0.3 is 18.1 Å². The minimum absolute atomic E-state index is 0.148. The van der Waals surface area contributed by atoms with Crippen molar-refractivity contribution in [3.05, 3.63) is 0 Å². The Balaban J connectivity index is 4.35. The first-order valence-corrected chi connectivity index (χ1v) is 6.77. The molecule has 23 heavy (non-hydrogen) atoms. The van der Waals surface area contributed by atoms with E-state index in [4.69, 9.17) is 5.11 Å². The summed E-state index contributed by atoms with van der Waals surface area (Å²) in [5.74, 6) is -4.70. The number of Topliss-reactive ketones (excluding diaryl/α,β-unsaturated/α-hetero) is 1. The normalized spacial score (nSPS) is 13.8. The van der Waals surface area contributed by atoms with Crippen molar-refractivity contribution < 1.29 is 37.5 Å². The van der Waals surface area contributed by atoms with E-state index in [1.165, 1.54) is 12.2 Å². The number of hydrogen-bond donors (Lipinski definition) is 3. The summed E-state index contributed by atoms with van der Waals surface area (Å²) in [6.45, 7) is 2.38. The van der Waals surface area contributed by atoms with Crippen molar-refractivity contribution in [3.63, 3.8) is 0 Å². The summed E-state index contributed by atoms with van der Waals surface area (Å²) in [6, 6.07) is 0. The van der Waals surface area contributed by atoms with Gasteiger partial charge in [-0.05, 0) is 33.1 Å². The highest BCUT2D eigenvalue weighted by atomic mass is 19.4. The first-order valence-electron chi connectivity index (χ1n) is 6.77. The Hall–Kier alpha value is -2.13. The molecule has 0 radical (unpaired) electrons. The highest BCUT2D eigenvalue weighted by molar-refractivity contribution is 5.96. The molecule has 0 aliphatic carbocycles. The number of halogens is 3. The van der Waals surface area contributed by atoms with Crippen LogP contribution in [0.1, 0.15) is 39.5 Å². The van der Waals surface area contributed by atoms with Crippen LogP contribution < -0.4 is 10.6 Å². The van der Waals surface area contributed by atoms with Crippen LogP contribution in [0.4, 0.5) is 13.2 Å². The van der Waals surface area contributed by atoms with Crippen LogP contribution in [-0.2, 0) is 19.2 Å². The predicted molar refractivity (Wildman–Crippen MR) is 72.4 cm³/mol. The van der Waals surface area contributed by atoms with Crippen molar-refractivity contribution in [3.8, 4) is 0 Å². The van der Waals surface area contributed by atoms with Crippen LogP contribution in [0.25, 0.3) is 0 Å². The Morgan fingerprint density at radius 2 is 1.65 bits per heavy atom. The first-order chi connectivity index (χ1) is 10.4. The Morgan fingerprint density at radius 3 is 2.09 bits per heavy atom. The van der Waals surface area contributed by atoms with Crippen molar-refractivity contribution in [2.45, 2.75) is 51.2 Å². The molecule has 0 aliphatic rings. The van der Waals surface area contributed by atoms with E-state index in [0.29, 0.717) is 0 Å². The maximum atomic E-state index is 12.2. The fourth-order valence-corrected chi connectivity index (χ4v) is 1.66. The van der Waals surface area contributed by atoms with E-state index in [2.05, 4.69) is 5.32 Å². The average molecular weight is 340 g/mol. The van der Waals surface area contributed by atoms with Gasteiger partial charge in [0.25, 0.3) is 0 Å². The number of nitrogens with one attached hydrogen (secondary N) is 2. The first kappa shape index (κ1) is 20.9. The Kier molecular flexibility index (Phi) is 7.70. The molecule has 0 bridgehead atoms. The lowest BCUT2D eigenvalue weighted by atomic mass is 9.94. The van der Waals surface area contributed by atoms with E-state index in [1.54, 1.807) is 0 Å². The Labute approximate surface area is 130 Å². The highest BCUT2D eigenvalue weighted by Crippen LogP contribution is 2.20. The van der Waals surface area contributed by atoms with Gasteiger partial charge in [0.05, 0.1) is 6.42 Å². The second-order valence-electron chi connectivity index (χ2n) is 5.27. The maximum absolute atomic E-state index is 12.2. The molecule has 0 spiro atoms. The number of carboxylic acids is 1. The molecule has 0 aromatic heterocycles. The topological polar surface area (TPSA) is 113 Å². The van der Waals surface area contributed by atoms with Gasteiger partial charge in [0, 0.05) is 6.54 Å². The molecule has 0 aliphatic heterocycles. The predicted octanol–water partition coefficient (Wildman–Crippen LogP) is 0.774. The molecule has 0 heterocycles. The van der Waals surface area contributed by atoms with E-state index < -0.39 is 29.5 Å². The lowest BCUT2D eigenvalue weighted by Gasteiger charge is -2.26. The third-order valence-electron chi connectivity index (χ3n) is 2.95. The van der Waals surface area contributed by atoms with Gasteiger partial charge in [-0.3, -0.25) is 14.4 Å². The molecule has 0 fully saturated rings. The van der Waals surface area contributed by atoms with Gasteiger partial charge in [0.2, 0.25) is 5.91 Å². The minimum atomic E-state index is -5.17. The Bertz CT molecular complexity index is 479. The zero-order valence-corrected chi connectivity index (χ0v) is 12.7. The fraction of sp³-hybridized carbons (Fsp3) is 0.692. The quantitative estimate of drug-likeness (QED) is 0.424. The molecule has 132 valence electrons. The number of amides is 2. The zero-order valence-electron chi connectivity index (χ0n) is 12.7. The number of rotatable bonds is 9. The number of hydrogen-bond acceptors (Lipinski definition) is 4. The van der Waals surface area contributed by atoms with E-state index in [-0.39, 0.29) is 38.0 Å². The molecular formula is C13H19F3N2O5. The maximum Gasteiger partial charge on any atom is 0.471 e. The monoisotopic (exact) mass is 340 g/mol. The summed E-state index contributed by atoms with van der Waals surface area (Å²) in [5.41, 5.74) is -2.06. The second kappa shape index (κ2) is 8.49. The SMILES string of the molecule is CC(=O)CC(=O)NCCCC[C@](C)(NC(=O)C(F)(F)F)C(=O)O. The van der Waals surface area contributed by atoms with Crippen LogP contribution in [0, 0.1) is 0 Å². The molecule has 0 aromatic rings. The smallest absolute Gasteiger partial charge is 0.471 e. The molecule has 0 rings (SSSR count). The van der Waals surface area contributed by atoms with Crippen LogP contribution in [0.3, 0.4) is 0 Å². The third-order valence-corrected chi connectivity index (χ3v) is 2.95. The lowest BCUT2D eigenvalue weighted by Crippen LogP contribution is -2.55. The fourth-order valence-electron chi connectivity index (χ4n) is 1.66. The second-order valence-corrected chi connectivity index (χ2v) is 5.27. The average Bonchev–Trinajstić information content (AvgIpc) is 2.35. The van der Waals surface area contributed by atoms with Crippen molar-refractivity contribution in [1.29, 1.82) is 0 Å². The number of aliphatic carboxylic acids is 1. The van der Waals surface area contributed by atoms with Gasteiger partial charge in [-0.15, -0.1) is 0 Å². The molecule has 0 aromatic carbocycles. The molecule has 3 N–H and O–H groups in total. The number of unbranched alkanes of at least 4 members (excludes halogenated alkanes) is 1. The largest absolute Gasteiger partial charge is 0.480 e. The van der Waals surface area contributed by atoms with Crippen molar-refractivity contribution >= 4 is 23.6 Å². The molecule has 10 heteroatoms. The van der Waals surface area contributed by atoms with Crippen LogP contribution >= 0.6 is 0 Å². The summed E-state index contributed by atoms with van der Waals surface area (Å²) >= 11 is 0. The molecular weight excluding hydrogens is 321 g/mol. The van der Waals surface area contributed by atoms with Crippen LogP contribution in [-0.4, -0.2) is 46.9 Å². The summed E-state index contributed by atoms with van der Waals surface area (Å²) in [4.78, 5) is 43.8. The molecule has 0 unspecified atom stereocenters. The van der Waals surface area contributed by atoms with Gasteiger partial charge in [-0.25, -0.2) is 4.79 Å². The number of alkyl halides is 3. The van der Waals surface area contributed by atoms with Crippen LogP contribution in [0.15, 0.2) is 0 Å². The van der Waals surface area contributed by atoms with Gasteiger partial charge in [-0.1, -0.05) is 0 Å². The van der Waals surface area contributed by atoms with Gasteiger partial charge in [-0.2, -0.15) is 13.2 Å². The molecule has 2 amide bonds. The van der Waals surface area contributed by atoms with Crippen LogP contribution in [0.2, 0.25) is 0 Å². The van der Waals surface area contributed by atoms with E-state index >= 15 is 0 Å². The Morgan fingerprint density at radius 1 is 1.09 bits per heavy atom. The van der Waals surface area contributed by atoms with E-state index in [9.17, 15) is 32.3 Å². The van der Waals surface area contributed by atoms with Crippen molar-refractivity contribution in [1.82, 2.24) is 10.6 Å². The zero-order chi connectivity index (χ0) is 18.3. The van der Waals surface area contributed by atoms with Gasteiger partial charge < -0.3 is 15.7 Å².